The van der Waals surface area contributed by atoms with Gasteiger partial charge in [0, 0.05) is 0 Å². The zero-order chi connectivity index (χ0) is 23.9. The summed E-state index contributed by atoms with van der Waals surface area (Å²) in [6.45, 7) is 18.0. The Morgan fingerprint density at radius 2 is 1.41 bits per heavy atom. The van der Waals surface area contributed by atoms with Crippen molar-refractivity contribution in [3.63, 3.8) is 0 Å². The molecule has 3 heteroatoms. The average Bonchev–Trinajstić information content (AvgIpc) is 3.42. The van der Waals surface area contributed by atoms with Crippen molar-refractivity contribution in [1.82, 2.24) is 0 Å². The first kappa shape index (κ1) is 33.0. The van der Waals surface area contributed by atoms with Crippen LogP contribution in [0.1, 0.15) is 90.5 Å². The summed E-state index contributed by atoms with van der Waals surface area (Å²) in [6, 6.07) is 25.2. The molecule has 0 fully saturated rings. The Morgan fingerprint density at radius 1 is 0.853 bits per heavy atom. The molecule has 0 N–H and O–H groups in total. The van der Waals surface area contributed by atoms with Crippen molar-refractivity contribution in [3.05, 3.63) is 89.0 Å². The van der Waals surface area contributed by atoms with Crippen LogP contribution < -0.4 is 24.8 Å². The van der Waals surface area contributed by atoms with Gasteiger partial charge >= 0.3 is 50.5 Å². The van der Waals surface area contributed by atoms with Gasteiger partial charge in [0.25, 0.3) is 0 Å². The van der Waals surface area contributed by atoms with E-state index >= 15 is 0 Å². The van der Waals surface area contributed by atoms with Gasteiger partial charge in [-0.1, -0.05) is 65.3 Å². The molecule has 3 aromatic rings. The molecule has 0 saturated carbocycles. The van der Waals surface area contributed by atoms with E-state index in [2.05, 4.69) is 112 Å². The Bertz CT molecular complexity index is 918. The normalized spacial score (nSPS) is 11.4. The minimum absolute atomic E-state index is 0. The molecule has 0 nitrogen and oxygen atoms in total. The quantitative estimate of drug-likeness (QED) is 0.276. The van der Waals surface area contributed by atoms with Crippen molar-refractivity contribution < 1.29 is 44.8 Å². The Hall–Kier alpha value is -1.05. The molecule has 0 unspecified atom stereocenters. The summed E-state index contributed by atoms with van der Waals surface area (Å²) >= 11 is 2.19. The van der Waals surface area contributed by atoms with Gasteiger partial charge in [0.2, 0.25) is 0 Å². The van der Waals surface area contributed by atoms with Gasteiger partial charge < -0.3 is 24.8 Å². The number of fused-ring (bicyclic) bond motifs is 3. The minimum Gasteiger partial charge on any atom is -1.00 e. The van der Waals surface area contributed by atoms with Gasteiger partial charge in [-0.05, 0) is 28.4 Å². The predicted octanol–water partition coefficient (Wildman–Crippen LogP) is 2.59. The van der Waals surface area contributed by atoms with Crippen molar-refractivity contribution in [1.29, 1.82) is 0 Å². The summed E-state index contributed by atoms with van der Waals surface area (Å²) in [4.78, 5) is 0. The average molecular weight is 531 g/mol. The molecule has 0 bridgehead atoms. The van der Waals surface area contributed by atoms with Crippen LogP contribution in [0.3, 0.4) is 0 Å². The van der Waals surface area contributed by atoms with Crippen LogP contribution in [0, 0.1) is 6.07 Å². The molecular weight excluding hydrogens is 491 g/mol. The van der Waals surface area contributed by atoms with Crippen LogP contribution in [0.2, 0.25) is 0 Å². The standard InChI is InChI=1S/C21H25.C5H5.C5H10.2ClH.Ti/c1-20(2,3)16-7-9-18-14(12-16)11-15-13-17(21(4,5)6)8-10-19(15)18;1-2-4-5-3-1;1-3-5-4-2;;;/h7-10,12H,11H2,1-6H3;1-5H;3-4H2,1-2H3;2*1H;/q2*-1;;;;+2/p-2. The molecule has 34 heavy (non-hydrogen) atoms. The fraction of sp³-hybridized carbons (Fsp3) is 0.419. The molecule has 0 aliphatic heterocycles. The van der Waals surface area contributed by atoms with E-state index in [0.29, 0.717) is 0 Å². The van der Waals surface area contributed by atoms with Gasteiger partial charge in [0.05, 0.1) is 0 Å². The fourth-order valence-corrected chi connectivity index (χ4v) is 3.60. The van der Waals surface area contributed by atoms with E-state index in [1.807, 2.05) is 30.3 Å². The van der Waals surface area contributed by atoms with E-state index in [0.717, 1.165) is 6.42 Å². The van der Waals surface area contributed by atoms with E-state index < -0.39 is 0 Å². The molecule has 1 aliphatic carbocycles. The van der Waals surface area contributed by atoms with E-state index in [1.54, 1.807) is 3.81 Å². The van der Waals surface area contributed by atoms with Gasteiger partial charge in [-0.3, -0.25) is 0 Å². The Labute approximate surface area is 233 Å². The molecule has 184 valence electrons. The summed E-state index contributed by atoms with van der Waals surface area (Å²) in [5, 5.41) is 0. The molecule has 0 aromatic heterocycles. The molecule has 0 saturated heterocycles. The summed E-state index contributed by atoms with van der Waals surface area (Å²) in [7, 11) is 0. The van der Waals surface area contributed by atoms with Crippen LogP contribution in [-0.4, -0.2) is 3.81 Å². The minimum atomic E-state index is 0. The molecular formula is C31H40Cl2Ti-2. The van der Waals surface area contributed by atoms with Crippen LogP contribution in [-0.2, 0) is 37.2 Å². The third-order valence-corrected chi connectivity index (χ3v) is 6.98. The second-order valence-corrected chi connectivity index (χ2v) is 11.7. The van der Waals surface area contributed by atoms with Crippen LogP contribution in [0.15, 0.2) is 60.7 Å². The van der Waals surface area contributed by atoms with E-state index in [9.17, 15) is 0 Å². The smallest absolute Gasteiger partial charge is 0.172 e. The van der Waals surface area contributed by atoms with Crippen molar-refractivity contribution in [3.8, 4) is 11.1 Å². The molecule has 0 amide bonds. The summed E-state index contributed by atoms with van der Waals surface area (Å²) in [5.41, 5.74) is 8.70. The number of hydrogen-bond donors (Lipinski definition) is 0. The summed E-state index contributed by atoms with van der Waals surface area (Å²) in [6.07, 6.45) is 3.52. The third-order valence-electron chi connectivity index (χ3n) is 5.87. The predicted molar refractivity (Wildman–Crippen MR) is 139 cm³/mol. The number of halogens is 2. The Kier molecular flexibility index (Phi) is 14.1. The number of hydrogen-bond acceptors (Lipinski definition) is 0. The topological polar surface area (TPSA) is 0 Å². The SMILES string of the molecule is CC(C)(C)c1[c-]c2c(cc1)-c1ccc(C(C)(C)C)cc1C2.CC[C](=[Ti+2])CC.[Cl-].[Cl-].c1cc[cH-]c1. The number of rotatable bonds is 2. The zero-order valence-corrected chi connectivity index (χ0v) is 25.2. The summed E-state index contributed by atoms with van der Waals surface area (Å²) in [5.74, 6) is 0. The molecule has 0 atom stereocenters. The monoisotopic (exact) mass is 530 g/mol. The van der Waals surface area contributed by atoms with Gasteiger partial charge in [-0.2, -0.15) is 42.0 Å². The first-order valence-electron chi connectivity index (χ1n) is 11.9. The summed E-state index contributed by atoms with van der Waals surface area (Å²) < 4.78 is 1.59. The first-order chi connectivity index (χ1) is 15.0. The van der Waals surface area contributed by atoms with Gasteiger partial charge in [0.15, 0.2) is 0 Å². The molecule has 1 aliphatic rings. The van der Waals surface area contributed by atoms with E-state index in [-0.39, 0.29) is 35.6 Å². The first-order valence-corrected chi connectivity index (χ1v) is 12.7. The molecule has 3 aromatic carbocycles. The van der Waals surface area contributed by atoms with Crippen LogP contribution in [0.25, 0.3) is 11.1 Å². The van der Waals surface area contributed by atoms with Crippen molar-refractivity contribution in [2.75, 3.05) is 0 Å². The molecule has 0 spiro atoms. The van der Waals surface area contributed by atoms with Crippen molar-refractivity contribution >= 4 is 3.81 Å². The van der Waals surface area contributed by atoms with Crippen LogP contribution in [0.4, 0.5) is 0 Å². The van der Waals surface area contributed by atoms with Gasteiger partial charge in [-0.15, -0.1) is 11.1 Å². The van der Waals surface area contributed by atoms with Gasteiger partial charge in [0.1, 0.15) is 0 Å². The second-order valence-electron chi connectivity index (χ2n) is 10.6. The van der Waals surface area contributed by atoms with Gasteiger partial charge in [-0.25, -0.2) is 12.1 Å². The van der Waals surface area contributed by atoms with Crippen LogP contribution >= 0.6 is 0 Å². The zero-order valence-electron chi connectivity index (χ0n) is 22.2. The van der Waals surface area contributed by atoms with E-state index in [1.165, 1.54) is 46.2 Å². The fourth-order valence-electron chi connectivity index (χ4n) is 3.60. The Morgan fingerprint density at radius 3 is 1.82 bits per heavy atom. The second kappa shape index (κ2) is 14.5. The largest absolute Gasteiger partial charge is 1.00 e. The van der Waals surface area contributed by atoms with Crippen LogP contribution in [0.5, 0.6) is 0 Å². The maximum atomic E-state index is 3.67. The third kappa shape index (κ3) is 9.54. The molecule has 0 heterocycles. The Balaban J connectivity index is 0.000000700. The maximum Gasteiger partial charge on any atom is -0.172 e. The van der Waals surface area contributed by atoms with Crippen molar-refractivity contribution in [2.45, 2.75) is 85.5 Å². The van der Waals surface area contributed by atoms with E-state index in [4.69, 9.17) is 0 Å². The maximum absolute atomic E-state index is 3.67. The molecule has 0 radical (unpaired) electrons. The number of benzene rings is 2. The van der Waals surface area contributed by atoms with Crippen molar-refractivity contribution in [2.24, 2.45) is 0 Å². The molecule has 4 rings (SSSR count).